The highest BCUT2D eigenvalue weighted by molar-refractivity contribution is 6.31. The van der Waals surface area contributed by atoms with Gasteiger partial charge in [-0.1, -0.05) is 11.6 Å². The van der Waals surface area contributed by atoms with Gasteiger partial charge in [-0.3, -0.25) is 9.78 Å². The molecule has 3 heteroatoms. The van der Waals surface area contributed by atoms with Crippen LogP contribution in [0.5, 0.6) is 0 Å². The molecule has 1 aliphatic carbocycles. The maximum absolute atomic E-state index is 11.2. The normalized spacial score (nSPS) is 14.1. The Balaban J connectivity index is 2.44. The first kappa shape index (κ1) is 9.79. The molecular formula is C13H10ClNO. The second-order valence-corrected chi connectivity index (χ2v) is 4.52. The van der Waals surface area contributed by atoms with Crippen molar-refractivity contribution in [2.75, 3.05) is 0 Å². The summed E-state index contributed by atoms with van der Waals surface area (Å²) in [5.41, 5.74) is 3.84. The minimum atomic E-state index is 0.648. The summed E-state index contributed by atoms with van der Waals surface area (Å²) < 4.78 is 0. The maximum atomic E-state index is 11.2. The van der Waals surface area contributed by atoms with Crippen molar-refractivity contribution in [3.8, 4) is 0 Å². The molecule has 1 aromatic carbocycles. The molecule has 0 amide bonds. The van der Waals surface area contributed by atoms with Crippen LogP contribution in [0.3, 0.4) is 0 Å². The van der Waals surface area contributed by atoms with Crippen molar-refractivity contribution < 1.29 is 4.79 Å². The fourth-order valence-electron chi connectivity index (χ4n) is 2.41. The summed E-state index contributed by atoms with van der Waals surface area (Å²) in [5, 5.41) is 1.53. The molecule has 0 saturated heterocycles. The topological polar surface area (TPSA) is 30.0 Å². The van der Waals surface area contributed by atoms with Gasteiger partial charge >= 0.3 is 0 Å². The Morgan fingerprint density at radius 1 is 1.31 bits per heavy atom. The molecule has 0 unspecified atom stereocenters. The predicted molar refractivity (Wildman–Crippen MR) is 64.2 cm³/mol. The van der Waals surface area contributed by atoms with Crippen LogP contribution in [0.1, 0.15) is 28.0 Å². The van der Waals surface area contributed by atoms with Crippen molar-refractivity contribution in [1.82, 2.24) is 4.98 Å². The molecule has 2 aromatic rings. The molecule has 0 radical (unpaired) electrons. The fourth-order valence-corrected chi connectivity index (χ4v) is 2.58. The molecule has 0 fully saturated rings. The first-order valence-electron chi connectivity index (χ1n) is 5.36. The van der Waals surface area contributed by atoms with Crippen LogP contribution in [0.25, 0.3) is 10.9 Å². The lowest BCUT2D eigenvalue weighted by atomic mass is 10.0. The number of pyridine rings is 1. The van der Waals surface area contributed by atoms with Gasteiger partial charge in [0.15, 0.2) is 6.29 Å². The number of aromatic nitrogens is 1. The molecule has 0 saturated carbocycles. The average molecular weight is 232 g/mol. The van der Waals surface area contributed by atoms with E-state index in [1.807, 2.05) is 18.2 Å². The Morgan fingerprint density at radius 2 is 2.19 bits per heavy atom. The largest absolute Gasteiger partial charge is 0.298 e. The van der Waals surface area contributed by atoms with Gasteiger partial charge in [-0.05, 0) is 43.0 Å². The number of rotatable bonds is 1. The van der Waals surface area contributed by atoms with Crippen LogP contribution < -0.4 is 0 Å². The molecule has 3 rings (SSSR count). The number of benzene rings is 1. The molecule has 1 aliphatic rings. The molecule has 2 nitrogen and oxygen atoms in total. The summed E-state index contributed by atoms with van der Waals surface area (Å²) in [6, 6.07) is 5.52. The van der Waals surface area contributed by atoms with Crippen LogP contribution in [-0.4, -0.2) is 11.3 Å². The van der Waals surface area contributed by atoms with Gasteiger partial charge in [-0.2, -0.15) is 0 Å². The Morgan fingerprint density at radius 3 is 3.00 bits per heavy atom. The van der Waals surface area contributed by atoms with Gasteiger partial charge in [0.1, 0.15) is 0 Å². The Labute approximate surface area is 98.3 Å². The third kappa shape index (κ3) is 1.34. The molecule has 0 N–H and O–H groups in total. The monoisotopic (exact) mass is 231 g/mol. The Hall–Kier alpha value is -1.41. The molecule has 0 atom stereocenters. The molecule has 0 spiro atoms. The molecular weight excluding hydrogens is 222 g/mol. The second-order valence-electron chi connectivity index (χ2n) is 4.08. The summed E-state index contributed by atoms with van der Waals surface area (Å²) >= 11 is 5.95. The van der Waals surface area contributed by atoms with E-state index in [1.54, 1.807) is 0 Å². The van der Waals surface area contributed by atoms with Crippen LogP contribution in [-0.2, 0) is 12.8 Å². The lowest BCUT2D eigenvalue weighted by molar-refractivity contribution is 0.112. The fraction of sp³-hybridized carbons (Fsp3) is 0.231. The molecule has 0 aliphatic heterocycles. The van der Waals surface area contributed by atoms with E-state index in [0.29, 0.717) is 5.02 Å². The molecule has 1 heterocycles. The highest BCUT2D eigenvalue weighted by Gasteiger charge is 2.18. The standard InChI is InChI=1S/C13H10ClNO/c14-8-4-5-13-10(6-8)11(7-16)9-2-1-3-12(9)15-13/h4-7H,1-3H2. The predicted octanol–water partition coefficient (Wildman–Crippen LogP) is 3.19. The van der Waals surface area contributed by atoms with Crippen molar-refractivity contribution in [3.63, 3.8) is 0 Å². The zero-order chi connectivity index (χ0) is 11.1. The lowest BCUT2D eigenvalue weighted by Crippen LogP contribution is -1.97. The van der Waals surface area contributed by atoms with Crippen LogP contribution >= 0.6 is 11.6 Å². The first-order chi connectivity index (χ1) is 7.79. The SMILES string of the molecule is O=Cc1c2c(nc3ccc(Cl)cc13)CCC2. The van der Waals surface area contributed by atoms with Crippen molar-refractivity contribution in [3.05, 3.63) is 40.0 Å². The number of halogens is 1. The summed E-state index contributed by atoms with van der Waals surface area (Å²) in [6.45, 7) is 0. The van der Waals surface area contributed by atoms with Crippen molar-refractivity contribution >= 4 is 28.8 Å². The summed E-state index contributed by atoms with van der Waals surface area (Å²) in [6.07, 6.45) is 3.96. The number of hydrogen-bond donors (Lipinski definition) is 0. The minimum Gasteiger partial charge on any atom is -0.298 e. The molecule has 16 heavy (non-hydrogen) atoms. The summed E-state index contributed by atoms with van der Waals surface area (Å²) in [7, 11) is 0. The number of carbonyl (C=O) groups excluding carboxylic acids is 1. The van der Waals surface area contributed by atoms with Crippen LogP contribution in [0, 0.1) is 0 Å². The van der Waals surface area contributed by atoms with E-state index in [-0.39, 0.29) is 0 Å². The average Bonchev–Trinajstić information content (AvgIpc) is 2.73. The van der Waals surface area contributed by atoms with Gasteiger partial charge < -0.3 is 0 Å². The Kier molecular flexibility index (Phi) is 2.18. The van der Waals surface area contributed by atoms with E-state index < -0.39 is 0 Å². The zero-order valence-electron chi connectivity index (χ0n) is 8.66. The molecule has 1 aromatic heterocycles. The zero-order valence-corrected chi connectivity index (χ0v) is 9.42. The van der Waals surface area contributed by atoms with Gasteiger partial charge in [0.2, 0.25) is 0 Å². The molecule has 0 bridgehead atoms. The van der Waals surface area contributed by atoms with Gasteiger partial charge in [-0.15, -0.1) is 0 Å². The highest BCUT2D eigenvalue weighted by Crippen LogP contribution is 2.30. The van der Waals surface area contributed by atoms with Crippen LogP contribution in [0.2, 0.25) is 5.02 Å². The van der Waals surface area contributed by atoms with Gasteiger partial charge in [0, 0.05) is 21.7 Å². The number of nitrogens with zero attached hydrogens (tertiary/aromatic N) is 1. The van der Waals surface area contributed by atoms with Crippen molar-refractivity contribution in [2.45, 2.75) is 19.3 Å². The van der Waals surface area contributed by atoms with E-state index in [1.165, 1.54) is 0 Å². The number of hydrogen-bond acceptors (Lipinski definition) is 2. The van der Waals surface area contributed by atoms with E-state index >= 15 is 0 Å². The van der Waals surface area contributed by atoms with Crippen LogP contribution in [0.15, 0.2) is 18.2 Å². The van der Waals surface area contributed by atoms with Crippen molar-refractivity contribution in [1.29, 1.82) is 0 Å². The quantitative estimate of drug-likeness (QED) is 0.706. The number of aldehydes is 1. The maximum Gasteiger partial charge on any atom is 0.151 e. The van der Waals surface area contributed by atoms with Gasteiger partial charge in [-0.25, -0.2) is 0 Å². The van der Waals surface area contributed by atoms with Gasteiger partial charge in [0.25, 0.3) is 0 Å². The lowest BCUT2D eigenvalue weighted by Gasteiger charge is -2.07. The van der Waals surface area contributed by atoms with E-state index in [9.17, 15) is 4.79 Å². The van der Waals surface area contributed by atoms with Crippen LogP contribution in [0.4, 0.5) is 0 Å². The number of fused-ring (bicyclic) bond motifs is 2. The molecule has 80 valence electrons. The van der Waals surface area contributed by atoms with Gasteiger partial charge in [0.05, 0.1) is 5.52 Å². The van der Waals surface area contributed by atoms with E-state index in [2.05, 4.69) is 4.98 Å². The van der Waals surface area contributed by atoms with E-state index in [4.69, 9.17) is 11.6 Å². The number of aryl methyl sites for hydroxylation is 1. The number of carbonyl (C=O) groups is 1. The highest BCUT2D eigenvalue weighted by atomic mass is 35.5. The third-order valence-electron chi connectivity index (χ3n) is 3.14. The Bertz CT molecular complexity index is 592. The second kappa shape index (κ2) is 3.56. The first-order valence-corrected chi connectivity index (χ1v) is 5.73. The summed E-state index contributed by atoms with van der Waals surface area (Å²) in [5.74, 6) is 0. The third-order valence-corrected chi connectivity index (χ3v) is 3.37. The minimum absolute atomic E-state index is 0.648. The smallest absolute Gasteiger partial charge is 0.151 e. The van der Waals surface area contributed by atoms with Crippen molar-refractivity contribution in [2.24, 2.45) is 0 Å². The summed E-state index contributed by atoms with van der Waals surface area (Å²) in [4.78, 5) is 15.8. The van der Waals surface area contributed by atoms with E-state index in [0.717, 1.165) is 53.3 Å².